The van der Waals surface area contributed by atoms with Crippen molar-refractivity contribution in [3.8, 4) is 0 Å². The average molecular weight is 358 g/mol. The van der Waals surface area contributed by atoms with Crippen molar-refractivity contribution in [1.29, 1.82) is 0 Å². The van der Waals surface area contributed by atoms with Crippen LogP contribution >= 0.6 is 15.9 Å². The van der Waals surface area contributed by atoms with Crippen molar-refractivity contribution in [2.45, 2.75) is 77.7 Å². The first-order valence-electron chi connectivity index (χ1n) is 8.61. The van der Waals surface area contributed by atoms with E-state index in [1.807, 2.05) is 17.9 Å². The average Bonchev–Trinajstić information content (AvgIpc) is 2.81. The first-order valence-corrected chi connectivity index (χ1v) is 9.40. The fraction of sp³-hybridized carbons (Fsp3) is 0.824. The second-order valence-electron chi connectivity index (χ2n) is 5.92. The number of nitrogens with zero attached hydrogens (tertiary/aromatic N) is 2. The van der Waals surface area contributed by atoms with E-state index in [1.54, 1.807) is 0 Å². The van der Waals surface area contributed by atoms with Crippen LogP contribution in [0, 0.1) is 0 Å². The van der Waals surface area contributed by atoms with E-state index in [4.69, 9.17) is 0 Å². The highest BCUT2D eigenvalue weighted by molar-refractivity contribution is 9.10. The SMILES string of the molecule is CCCCCCCCCC(NCCC)c1c(Br)cnn1C. The zero-order valence-corrected chi connectivity index (χ0v) is 15.6. The van der Waals surface area contributed by atoms with Gasteiger partial charge >= 0.3 is 0 Å². The summed E-state index contributed by atoms with van der Waals surface area (Å²) in [7, 11) is 2.03. The van der Waals surface area contributed by atoms with Crippen LogP contribution in [0.15, 0.2) is 10.7 Å². The normalized spacial score (nSPS) is 12.8. The molecule has 0 amide bonds. The van der Waals surface area contributed by atoms with E-state index in [1.165, 1.54) is 63.5 Å². The predicted octanol–water partition coefficient (Wildman–Crippen LogP) is 5.36. The van der Waals surface area contributed by atoms with Gasteiger partial charge in [0.25, 0.3) is 0 Å². The van der Waals surface area contributed by atoms with Gasteiger partial charge in [0, 0.05) is 7.05 Å². The second kappa shape index (κ2) is 11.2. The van der Waals surface area contributed by atoms with Gasteiger partial charge in [0.15, 0.2) is 0 Å². The standard InChI is InChI=1S/C17H32BrN3/c1-4-6-7-8-9-10-11-12-16(19-13-5-2)17-15(18)14-20-21(17)3/h14,16,19H,4-13H2,1-3H3. The number of hydrogen-bond acceptors (Lipinski definition) is 2. The van der Waals surface area contributed by atoms with E-state index in [0.29, 0.717) is 6.04 Å². The molecule has 0 bridgehead atoms. The molecule has 0 radical (unpaired) electrons. The first-order chi connectivity index (χ1) is 10.2. The lowest BCUT2D eigenvalue weighted by molar-refractivity contribution is 0.441. The van der Waals surface area contributed by atoms with Crippen LogP contribution in [-0.4, -0.2) is 16.3 Å². The summed E-state index contributed by atoms with van der Waals surface area (Å²) in [6, 6.07) is 0.419. The Kier molecular flexibility index (Phi) is 10.0. The number of hydrogen-bond donors (Lipinski definition) is 1. The van der Waals surface area contributed by atoms with Crippen molar-refractivity contribution in [1.82, 2.24) is 15.1 Å². The highest BCUT2D eigenvalue weighted by Gasteiger charge is 2.17. The molecule has 0 aliphatic rings. The molecule has 0 aromatic carbocycles. The van der Waals surface area contributed by atoms with Crippen molar-refractivity contribution in [3.63, 3.8) is 0 Å². The molecule has 0 saturated carbocycles. The molecular weight excluding hydrogens is 326 g/mol. The van der Waals surface area contributed by atoms with Gasteiger partial charge in [-0.15, -0.1) is 0 Å². The van der Waals surface area contributed by atoms with E-state index >= 15 is 0 Å². The molecule has 21 heavy (non-hydrogen) atoms. The topological polar surface area (TPSA) is 29.9 Å². The molecule has 1 heterocycles. The summed E-state index contributed by atoms with van der Waals surface area (Å²) < 4.78 is 3.13. The third kappa shape index (κ3) is 6.96. The maximum absolute atomic E-state index is 4.35. The van der Waals surface area contributed by atoms with E-state index in [9.17, 15) is 0 Å². The molecule has 1 unspecified atom stereocenters. The zero-order valence-electron chi connectivity index (χ0n) is 14.0. The summed E-state index contributed by atoms with van der Waals surface area (Å²) in [4.78, 5) is 0. The van der Waals surface area contributed by atoms with Crippen LogP contribution in [0.25, 0.3) is 0 Å². The predicted molar refractivity (Wildman–Crippen MR) is 94.6 cm³/mol. The molecule has 0 aliphatic heterocycles. The molecular formula is C17H32BrN3. The van der Waals surface area contributed by atoms with Crippen molar-refractivity contribution >= 4 is 15.9 Å². The molecule has 1 rings (SSSR count). The summed E-state index contributed by atoms with van der Waals surface area (Å²) in [6.45, 7) is 5.56. The van der Waals surface area contributed by atoms with Gasteiger partial charge in [0.1, 0.15) is 0 Å². The molecule has 0 spiro atoms. The molecule has 0 fully saturated rings. The lowest BCUT2D eigenvalue weighted by atomic mass is 10.0. The van der Waals surface area contributed by atoms with Crippen LogP contribution in [0.4, 0.5) is 0 Å². The Hall–Kier alpha value is -0.350. The zero-order chi connectivity index (χ0) is 15.5. The van der Waals surface area contributed by atoms with E-state index in [-0.39, 0.29) is 0 Å². The van der Waals surface area contributed by atoms with Gasteiger partial charge in [-0.05, 0) is 35.3 Å². The molecule has 0 saturated heterocycles. The summed E-state index contributed by atoms with van der Waals surface area (Å²) in [5.41, 5.74) is 1.29. The summed E-state index contributed by atoms with van der Waals surface area (Å²) >= 11 is 3.64. The van der Waals surface area contributed by atoms with Crippen LogP contribution in [0.3, 0.4) is 0 Å². The number of aryl methyl sites for hydroxylation is 1. The van der Waals surface area contributed by atoms with Crippen LogP contribution in [0.5, 0.6) is 0 Å². The highest BCUT2D eigenvalue weighted by atomic mass is 79.9. The number of aromatic nitrogens is 2. The molecule has 0 aliphatic carbocycles. The molecule has 1 aromatic heterocycles. The Morgan fingerprint density at radius 1 is 1.10 bits per heavy atom. The van der Waals surface area contributed by atoms with E-state index < -0.39 is 0 Å². The minimum atomic E-state index is 0.419. The maximum Gasteiger partial charge on any atom is 0.0692 e. The van der Waals surface area contributed by atoms with Crippen molar-refractivity contribution in [2.75, 3.05) is 6.54 Å². The lowest BCUT2D eigenvalue weighted by Crippen LogP contribution is -2.24. The van der Waals surface area contributed by atoms with E-state index in [0.717, 1.165) is 11.0 Å². The Morgan fingerprint density at radius 2 is 1.76 bits per heavy atom. The molecule has 1 N–H and O–H groups in total. The number of halogens is 1. The van der Waals surface area contributed by atoms with E-state index in [2.05, 4.69) is 40.2 Å². The lowest BCUT2D eigenvalue weighted by Gasteiger charge is -2.19. The maximum atomic E-state index is 4.35. The van der Waals surface area contributed by atoms with Crippen LogP contribution in [0.1, 0.15) is 83.4 Å². The second-order valence-corrected chi connectivity index (χ2v) is 6.77. The van der Waals surface area contributed by atoms with Crippen molar-refractivity contribution < 1.29 is 0 Å². The highest BCUT2D eigenvalue weighted by Crippen LogP contribution is 2.27. The molecule has 122 valence electrons. The fourth-order valence-corrected chi connectivity index (χ4v) is 3.40. The Bertz CT molecular complexity index is 357. The quantitative estimate of drug-likeness (QED) is 0.510. The number of unbranched alkanes of at least 4 members (excludes halogenated alkanes) is 6. The molecule has 1 atom stereocenters. The van der Waals surface area contributed by atoms with Gasteiger partial charge in [0.2, 0.25) is 0 Å². The smallest absolute Gasteiger partial charge is 0.0692 e. The fourth-order valence-electron chi connectivity index (χ4n) is 2.77. The summed E-state index contributed by atoms with van der Waals surface area (Å²) in [6.07, 6.45) is 13.8. The third-order valence-electron chi connectivity index (χ3n) is 4.00. The summed E-state index contributed by atoms with van der Waals surface area (Å²) in [5, 5.41) is 8.03. The number of rotatable bonds is 12. The van der Waals surface area contributed by atoms with Crippen LogP contribution < -0.4 is 5.32 Å². The van der Waals surface area contributed by atoms with Crippen LogP contribution in [0.2, 0.25) is 0 Å². The largest absolute Gasteiger partial charge is 0.309 e. The molecule has 4 heteroatoms. The minimum absolute atomic E-state index is 0.419. The Morgan fingerprint density at radius 3 is 2.33 bits per heavy atom. The molecule has 3 nitrogen and oxygen atoms in total. The molecule has 1 aromatic rings. The van der Waals surface area contributed by atoms with Gasteiger partial charge in [-0.2, -0.15) is 5.10 Å². The first kappa shape index (κ1) is 18.7. The van der Waals surface area contributed by atoms with Gasteiger partial charge in [-0.1, -0.05) is 58.8 Å². The van der Waals surface area contributed by atoms with Crippen molar-refractivity contribution in [3.05, 3.63) is 16.4 Å². The van der Waals surface area contributed by atoms with Gasteiger partial charge in [-0.25, -0.2) is 0 Å². The number of nitrogens with one attached hydrogen (secondary N) is 1. The van der Waals surface area contributed by atoms with Gasteiger partial charge < -0.3 is 5.32 Å². The summed E-state index contributed by atoms with van der Waals surface area (Å²) in [5.74, 6) is 0. The van der Waals surface area contributed by atoms with Gasteiger partial charge in [-0.3, -0.25) is 4.68 Å². The van der Waals surface area contributed by atoms with Crippen molar-refractivity contribution in [2.24, 2.45) is 7.05 Å². The van der Waals surface area contributed by atoms with Gasteiger partial charge in [0.05, 0.1) is 22.4 Å². The van der Waals surface area contributed by atoms with Crippen LogP contribution in [-0.2, 0) is 7.05 Å². The Balaban J connectivity index is 2.37. The Labute approximate surface area is 139 Å². The minimum Gasteiger partial charge on any atom is -0.309 e. The third-order valence-corrected chi connectivity index (χ3v) is 4.62. The monoisotopic (exact) mass is 357 g/mol.